The molecular formula is C19H21ClO4. The second kappa shape index (κ2) is 8.06. The molecule has 0 heterocycles. The number of rotatable bonds is 7. The number of methoxy groups -OCH3 is 1. The molecule has 0 spiro atoms. The predicted molar refractivity (Wildman–Crippen MR) is 93.6 cm³/mol. The van der Waals surface area contributed by atoms with Gasteiger partial charge in [-0.3, -0.25) is 4.79 Å². The molecule has 0 fully saturated rings. The predicted octanol–water partition coefficient (Wildman–Crippen LogP) is 4.64. The van der Waals surface area contributed by atoms with Crippen molar-refractivity contribution in [1.82, 2.24) is 0 Å². The topological polar surface area (TPSA) is 44.8 Å². The minimum absolute atomic E-state index is 0.179. The van der Waals surface area contributed by atoms with Crippen LogP contribution < -0.4 is 9.47 Å². The average molecular weight is 349 g/mol. The fourth-order valence-corrected chi connectivity index (χ4v) is 2.25. The van der Waals surface area contributed by atoms with Crippen molar-refractivity contribution < 1.29 is 19.0 Å². The Bertz CT molecular complexity index is 663. The van der Waals surface area contributed by atoms with E-state index in [2.05, 4.69) is 4.74 Å². The zero-order valence-corrected chi connectivity index (χ0v) is 14.8. The van der Waals surface area contributed by atoms with E-state index < -0.39 is 5.60 Å². The van der Waals surface area contributed by atoms with Crippen molar-refractivity contribution in [3.63, 3.8) is 0 Å². The Morgan fingerprint density at radius 1 is 1.00 bits per heavy atom. The van der Waals surface area contributed by atoms with Crippen molar-refractivity contribution in [1.29, 1.82) is 0 Å². The highest BCUT2D eigenvalue weighted by Crippen LogP contribution is 2.24. The maximum atomic E-state index is 11.4. The summed E-state index contributed by atoms with van der Waals surface area (Å²) in [5.41, 5.74) is 0.401. The summed E-state index contributed by atoms with van der Waals surface area (Å²) in [6.07, 6.45) is 0.179. The normalized spacial score (nSPS) is 11.0. The van der Waals surface area contributed by atoms with Crippen LogP contribution in [0, 0.1) is 0 Å². The summed E-state index contributed by atoms with van der Waals surface area (Å²) in [6.45, 7) is 4.15. The maximum absolute atomic E-state index is 11.4. The molecule has 0 aliphatic rings. The van der Waals surface area contributed by atoms with E-state index in [0.29, 0.717) is 17.4 Å². The minimum atomic E-state index is -0.640. The Morgan fingerprint density at radius 2 is 1.58 bits per heavy atom. The quantitative estimate of drug-likeness (QED) is 0.684. The van der Waals surface area contributed by atoms with Gasteiger partial charge in [0.15, 0.2) is 0 Å². The molecule has 0 aliphatic carbocycles. The van der Waals surface area contributed by atoms with E-state index in [1.807, 2.05) is 62.4 Å². The van der Waals surface area contributed by atoms with Crippen LogP contribution in [-0.2, 0) is 16.1 Å². The van der Waals surface area contributed by atoms with Gasteiger partial charge in [-0.2, -0.15) is 0 Å². The number of carbonyl (C=O) groups excluding carboxylic acids is 1. The third kappa shape index (κ3) is 5.78. The molecule has 2 aromatic carbocycles. The number of hydrogen-bond acceptors (Lipinski definition) is 4. The van der Waals surface area contributed by atoms with Gasteiger partial charge >= 0.3 is 5.97 Å². The first-order valence-corrected chi connectivity index (χ1v) is 7.99. The second-order valence-electron chi connectivity index (χ2n) is 6.00. The molecule has 2 rings (SSSR count). The Hall–Kier alpha value is -2.20. The van der Waals surface area contributed by atoms with Crippen molar-refractivity contribution in [2.24, 2.45) is 0 Å². The van der Waals surface area contributed by atoms with E-state index >= 15 is 0 Å². The van der Waals surface area contributed by atoms with Crippen molar-refractivity contribution in [2.45, 2.75) is 32.5 Å². The first-order valence-electron chi connectivity index (χ1n) is 7.61. The van der Waals surface area contributed by atoms with E-state index in [4.69, 9.17) is 21.1 Å². The number of hydrogen-bond donors (Lipinski definition) is 0. The Balaban J connectivity index is 1.90. The van der Waals surface area contributed by atoms with E-state index in [1.54, 1.807) is 0 Å². The van der Waals surface area contributed by atoms with Gasteiger partial charge in [-0.25, -0.2) is 0 Å². The van der Waals surface area contributed by atoms with Crippen LogP contribution in [-0.4, -0.2) is 18.7 Å². The van der Waals surface area contributed by atoms with Crippen LogP contribution in [0.15, 0.2) is 48.5 Å². The third-order valence-electron chi connectivity index (χ3n) is 3.33. The first kappa shape index (κ1) is 18.1. The zero-order chi connectivity index (χ0) is 17.6. The molecule has 0 saturated carbocycles. The number of ether oxygens (including phenoxy) is 3. The molecule has 5 heteroatoms. The first-order chi connectivity index (χ1) is 11.4. The van der Waals surface area contributed by atoms with E-state index in [0.717, 1.165) is 11.3 Å². The van der Waals surface area contributed by atoms with Crippen LogP contribution in [0.5, 0.6) is 11.5 Å². The number of benzene rings is 2. The van der Waals surface area contributed by atoms with Crippen molar-refractivity contribution in [2.75, 3.05) is 7.11 Å². The Morgan fingerprint density at radius 3 is 2.17 bits per heavy atom. The van der Waals surface area contributed by atoms with Crippen molar-refractivity contribution in [3.05, 3.63) is 59.1 Å². The highest BCUT2D eigenvalue weighted by molar-refractivity contribution is 6.30. The monoisotopic (exact) mass is 348 g/mol. The summed E-state index contributed by atoms with van der Waals surface area (Å²) in [4.78, 5) is 11.4. The molecule has 0 amide bonds. The van der Waals surface area contributed by atoms with Crippen LogP contribution in [0.25, 0.3) is 0 Å². The number of carbonyl (C=O) groups is 1. The third-order valence-corrected chi connectivity index (χ3v) is 3.59. The van der Waals surface area contributed by atoms with Crippen LogP contribution >= 0.6 is 11.6 Å². The van der Waals surface area contributed by atoms with Gasteiger partial charge in [0.25, 0.3) is 0 Å². The minimum Gasteiger partial charge on any atom is -0.489 e. The molecular weight excluding hydrogens is 328 g/mol. The van der Waals surface area contributed by atoms with Crippen molar-refractivity contribution in [3.8, 4) is 11.5 Å². The molecule has 0 saturated heterocycles. The lowest BCUT2D eigenvalue weighted by molar-refractivity contribution is -0.144. The van der Waals surface area contributed by atoms with Gasteiger partial charge in [0, 0.05) is 5.02 Å². The standard InChI is InChI=1S/C19H21ClO4/c1-19(2,12-18(21)22-3)24-17-10-8-16(9-11-17)23-13-14-4-6-15(20)7-5-14/h4-11H,12-13H2,1-3H3. The van der Waals surface area contributed by atoms with Gasteiger partial charge in [0.1, 0.15) is 23.7 Å². The summed E-state index contributed by atoms with van der Waals surface area (Å²) >= 11 is 5.86. The van der Waals surface area contributed by atoms with Gasteiger partial charge in [0.2, 0.25) is 0 Å². The lowest BCUT2D eigenvalue weighted by atomic mass is 10.1. The Kier molecular flexibility index (Phi) is 6.10. The zero-order valence-electron chi connectivity index (χ0n) is 14.0. The largest absolute Gasteiger partial charge is 0.489 e. The molecule has 0 unspecified atom stereocenters. The maximum Gasteiger partial charge on any atom is 0.309 e. The Labute approximate surface area is 147 Å². The fourth-order valence-electron chi connectivity index (χ4n) is 2.13. The van der Waals surface area contributed by atoms with Gasteiger partial charge in [-0.05, 0) is 55.8 Å². The van der Waals surface area contributed by atoms with E-state index in [9.17, 15) is 4.79 Å². The molecule has 0 bridgehead atoms. The molecule has 4 nitrogen and oxygen atoms in total. The van der Waals surface area contributed by atoms with Crippen LogP contribution in [0.1, 0.15) is 25.8 Å². The van der Waals surface area contributed by atoms with Crippen molar-refractivity contribution >= 4 is 17.6 Å². The molecule has 0 N–H and O–H groups in total. The SMILES string of the molecule is COC(=O)CC(C)(C)Oc1ccc(OCc2ccc(Cl)cc2)cc1. The molecule has 0 radical (unpaired) electrons. The fraction of sp³-hybridized carbons (Fsp3) is 0.316. The number of esters is 1. The van der Waals surface area contributed by atoms with Gasteiger partial charge in [-0.1, -0.05) is 23.7 Å². The molecule has 0 aromatic heterocycles. The molecule has 2 aromatic rings. The lowest BCUT2D eigenvalue weighted by Crippen LogP contribution is -2.31. The number of halogens is 1. The summed E-state index contributed by atoms with van der Waals surface area (Å²) in [7, 11) is 1.37. The second-order valence-corrected chi connectivity index (χ2v) is 6.44. The molecule has 0 atom stereocenters. The average Bonchev–Trinajstić information content (AvgIpc) is 2.55. The summed E-state index contributed by atoms with van der Waals surface area (Å²) in [5.74, 6) is 1.11. The summed E-state index contributed by atoms with van der Waals surface area (Å²) < 4.78 is 16.2. The van der Waals surface area contributed by atoms with Crippen LogP contribution in [0.4, 0.5) is 0 Å². The molecule has 128 valence electrons. The molecule has 0 aliphatic heterocycles. The van der Waals surface area contributed by atoms with E-state index in [1.165, 1.54) is 7.11 Å². The molecule has 24 heavy (non-hydrogen) atoms. The van der Waals surface area contributed by atoms with E-state index in [-0.39, 0.29) is 12.4 Å². The van der Waals surface area contributed by atoms with Gasteiger partial charge in [-0.15, -0.1) is 0 Å². The lowest BCUT2D eigenvalue weighted by Gasteiger charge is -2.25. The van der Waals surface area contributed by atoms with Crippen LogP contribution in [0.2, 0.25) is 5.02 Å². The highest BCUT2D eigenvalue weighted by atomic mass is 35.5. The van der Waals surface area contributed by atoms with Crippen LogP contribution in [0.3, 0.4) is 0 Å². The highest BCUT2D eigenvalue weighted by Gasteiger charge is 2.24. The summed E-state index contributed by atoms with van der Waals surface area (Å²) in [6, 6.07) is 14.8. The van der Waals surface area contributed by atoms with Gasteiger partial charge in [0.05, 0.1) is 13.5 Å². The smallest absolute Gasteiger partial charge is 0.309 e. The summed E-state index contributed by atoms with van der Waals surface area (Å²) in [5, 5.41) is 0.704. The van der Waals surface area contributed by atoms with Gasteiger partial charge < -0.3 is 14.2 Å².